The van der Waals surface area contributed by atoms with Gasteiger partial charge in [0.2, 0.25) is 0 Å². The summed E-state index contributed by atoms with van der Waals surface area (Å²) in [4.78, 5) is 23.1. The molecule has 0 rings (SSSR count). The number of carbonyl (C=O) groups is 2. The van der Waals surface area contributed by atoms with E-state index in [0.29, 0.717) is 12.8 Å². The molecule has 0 spiro atoms. The lowest BCUT2D eigenvalue weighted by molar-refractivity contribution is -0.162. The lowest BCUT2D eigenvalue weighted by Crippen LogP contribution is -2.41. The van der Waals surface area contributed by atoms with Crippen LogP contribution < -0.4 is 11.5 Å². The number of carbonyl (C=O) groups excluding carboxylic acids is 2. The van der Waals surface area contributed by atoms with E-state index >= 15 is 0 Å². The first-order valence-electron chi connectivity index (χ1n) is 6.29. The Morgan fingerprint density at radius 2 is 1.50 bits per heavy atom. The third kappa shape index (κ3) is 7.40. The highest BCUT2D eigenvalue weighted by Crippen LogP contribution is 2.20. The van der Waals surface area contributed by atoms with Crippen molar-refractivity contribution < 1.29 is 14.3 Å². The van der Waals surface area contributed by atoms with Crippen LogP contribution in [-0.2, 0) is 14.3 Å². The van der Waals surface area contributed by atoms with E-state index in [9.17, 15) is 9.59 Å². The summed E-state index contributed by atoms with van der Waals surface area (Å²) in [5, 5.41) is 0. The summed E-state index contributed by atoms with van der Waals surface area (Å²) >= 11 is 0. The van der Waals surface area contributed by atoms with Crippen LogP contribution in [0.3, 0.4) is 0 Å². The standard InChI is InChI=1S/C13H26N2O3/c1-8(2)6-9(14)11(16)18-12(17)10(15)7-13(3,4)5/h8-10H,6-7,14-15H2,1-5H3/t9-,10-/m0/s1. The molecule has 0 aliphatic heterocycles. The first kappa shape index (κ1) is 17.1. The van der Waals surface area contributed by atoms with Gasteiger partial charge in [-0.25, -0.2) is 9.59 Å². The quantitative estimate of drug-likeness (QED) is 0.570. The van der Waals surface area contributed by atoms with Crippen LogP contribution in [-0.4, -0.2) is 24.0 Å². The van der Waals surface area contributed by atoms with Gasteiger partial charge in [-0.2, -0.15) is 0 Å². The lowest BCUT2D eigenvalue weighted by atomic mass is 9.88. The summed E-state index contributed by atoms with van der Waals surface area (Å²) in [6.07, 6.45) is 0.944. The molecule has 0 heterocycles. The molecular weight excluding hydrogens is 232 g/mol. The summed E-state index contributed by atoms with van der Waals surface area (Å²) in [6.45, 7) is 9.78. The number of esters is 2. The van der Waals surface area contributed by atoms with Crippen LogP contribution in [0.5, 0.6) is 0 Å². The lowest BCUT2D eigenvalue weighted by Gasteiger charge is -2.22. The van der Waals surface area contributed by atoms with Crippen molar-refractivity contribution in [2.24, 2.45) is 22.8 Å². The van der Waals surface area contributed by atoms with E-state index in [1.165, 1.54) is 0 Å². The Kier molecular flexibility index (Phi) is 6.49. The van der Waals surface area contributed by atoms with Crippen molar-refractivity contribution >= 4 is 11.9 Å². The smallest absolute Gasteiger partial charge is 0.330 e. The molecule has 0 unspecified atom stereocenters. The second-order valence-electron chi connectivity index (χ2n) is 6.35. The van der Waals surface area contributed by atoms with Crippen molar-refractivity contribution in [1.29, 1.82) is 0 Å². The average molecular weight is 258 g/mol. The molecule has 5 heteroatoms. The van der Waals surface area contributed by atoms with E-state index in [2.05, 4.69) is 0 Å². The molecule has 0 aromatic carbocycles. The number of ether oxygens (including phenoxy) is 1. The van der Waals surface area contributed by atoms with Crippen LogP contribution >= 0.6 is 0 Å². The predicted molar refractivity (Wildman–Crippen MR) is 70.6 cm³/mol. The molecule has 0 aromatic heterocycles. The fourth-order valence-electron chi connectivity index (χ4n) is 1.60. The van der Waals surface area contributed by atoms with Crippen molar-refractivity contribution in [3.05, 3.63) is 0 Å². The Morgan fingerprint density at radius 1 is 1.06 bits per heavy atom. The van der Waals surface area contributed by atoms with Gasteiger partial charge in [-0.1, -0.05) is 34.6 Å². The van der Waals surface area contributed by atoms with Gasteiger partial charge < -0.3 is 16.2 Å². The molecule has 18 heavy (non-hydrogen) atoms. The highest BCUT2D eigenvalue weighted by atomic mass is 16.6. The van der Waals surface area contributed by atoms with Crippen molar-refractivity contribution in [2.75, 3.05) is 0 Å². The molecule has 106 valence electrons. The molecule has 0 bridgehead atoms. The van der Waals surface area contributed by atoms with Gasteiger partial charge in [0.25, 0.3) is 0 Å². The second kappa shape index (κ2) is 6.85. The van der Waals surface area contributed by atoms with Crippen molar-refractivity contribution in [1.82, 2.24) is 0 Å². The van der Waals surface area contributed by atoms with Gasteiger partial charge in [0.15, 0.2) is 0 Å². The van der Waals surface area contributed by atoms with Crippen LogP contribution in [0.4, 0.5) is 0 Å². The highest BCUT2D eigenvalue weighted by Gasteiger charge is 2.26. The first-order chi connectivity index (χ1) is 8.03. The zero-order valence-corrected chi connectivity index (χ0v) is 12.0. The monoisotopic (exact) mass is 258 g/mol. The molecular formula is C13H26N2O3. The predicted octanol–water partition coefficient (Wildman–Crippen LogP) is 1.19. The largest absolute Gasteiger partial charge is 0.391 e. The molecule has 0 aromatic rings. The number of rotatable bonds is 5. The van der Waals surface area contributed by atoms with E-state index in [4.69, 9.17) is 16.2 Å². The number of nitrogens with two attached hydrogens (primary N) is 2. The van der Waals surface area contributed by atoms with E-state index < -0.39 is 24.0 Å². The maximum atomic E-state index is 11.6. The molecule has 4 N–H and O–H groups in total. The minimum Gasteiger partial charge on any atom is -0.391 e. The Bertz CT molecular complexity index is 295. The van der Waals surface area contributed by atoms with Crippen molar-refractivity contribution in [2.45, 2.75) is 59.5 Å². The van der Waals surface area contributed by atoms with Gasteiger partial charge in [0.1, 0.15) is 12.1 Å². The molecule has 0 fully saturated rings. The third-order valence-corrected chi connectivity index (χ3v) is 2.36. The minimum atomic E-state index is -0.791. The molecule has 0 saturated carbocycles. The highest BCUT2D eigenvalue weighted by molar-refractivity contribution is 5.90. The van der Waals surface area contributed by atoms with Gasteiger partial charge >= 0.3 is 11.9 Å². The maximum Gasteiger partial charge on any atom is 0.330 e. The topological polar surface area (TPSA) is 95.4 Å². The van der Waals surface area contributed by atoms with Gasteiger partial charge in [0.05, 0.1) is 0 Å². The summed E-state index contributed by atoms with van der Waals surface area (Å²) in [7, 11) is 0. The van der Waals surface area contributed by atoms with Crippen LogP contribution in [0.1, 0.15) is 47.5 Å². The van der Waals surface area contributed by atoms with Crippen molar-refractivity contribution in [3.8, 4) is 0 Å². The molecule has 0 radical (unpaired) electrons. The maximum absolute atomic E-state index is 11.6. The Morgan fingerprint density at radius 3 is 1.89 bits per heavy atom. The number of hydrogen-bond donors (Lipinski definition) is 2. The molecule has 0 saturated heterocycles. The Hall–Kier alpha value is -0.940. The molecule has 0 aliphatic rings. The van der Waals surface area contributed by atoms with E-state index in [1.54, 1.807) is 0 Å². The molecule has 0 aliphatic carbocycles. The van der Waals surface area contributed by atoms with Gasteiger partial charge in [0, 0.05) is 0 Å². The number of hydrogen-bond acceptors (Lipinski definition) is 5. The zero-order chi connectivity index (χ0) is 14.5. The third-order valence-electron chi connectivity index (χ3n) is 2.36. The van der Waals surface area contributed by atoms with E-state index in [-0.39, 0.29) is 11.3 Å². The fraction of sp³-hybridized carbons (Fsp3) is 0.846. The molecule has 5 nitrogen and oxygen atoms in total. The van der Waals surface area contributed by atoms with Crippen LogP contribution in [0.25, 0.3) is 0 Å². The van der Waals surface area contributed by atoms with Crippen molar-refractivity contribution in [3.63, 3.8) is 0 Å². The Balaban J connectivity index is 4.27. The summed E-state index contributed by atoms with van der Waals surface area (Å²) < 4.78 is 4.69. The fourth-order valence-corrected chi connectivity index (χ4v) is 1.60. The normalized spacial score (nSPS) is 15.3. The summed E-state index contributed by atoms with van der Waals surface area (Å²) in [5.41, 5.74) is 11.2. The Labute approximate surface area is 109 Å². The first-order valence-corrected chi connectivity index (χ1v) is 6.29. The van der Waals surface area contributed by atoms with E-state index in [1.807, 2.05) is 34.6 Å². The second-order valence-corrected chi connectivity index (χ2v) is 6.35. The summed E-state index contributed by atoms with van der Waals surface area (Å²) in [6, 6.07) is -1.56. The molecule has 0 amide bonds. The minimum absolute atomic E-state index is 0.0957. The molecule has 2 atom stereocenters. The van der Waals surface area contributed by atoms with Crippen LogP contribution in [0, 0.1) is 11.3 Å². The van der Waals surface area contributed by atoms with Gasteiger partial charge in [-0.3, -0.25) is 0 Å². The van der Waals surface area contributed by atoms with E-state index in [0.717, 1.165) is 0 Å². The van der Waals surface area contributed by atoms with Gasteiger partial charge in [-0.15, -0.1) is 0 Å². The van der Waals surface area contributed by atoms with Crippen LogP contribution in [0.2, 0.25) is 0 Å². The summed E-state index contributed by atoms with van der Waals surface area (Å²) in [5.74, 6) is -1.13. The zero-order valence-electron chi connectivity index (χ0n) is 12.0. The van der Waals surface area contributed by atoms with Gasteiger partial charge in [-0.05, 0) is 24.2 Å². The van der Waals surface area contributed by atoms with Crippen LogP contribution in [0.15, 0.2) is 0 Å². The average Bonchev–Trinajstić information content (AvgIpc) is 2.13. The SMILES string of the molecule is CC(C)C[C@H](N)C(=O)OC(=O)[C@@H](N)CC(C)(C)C.